The summed E-state index contributed by atoms with van der Waals surface area (Å²) in [6, 6.07) is 6.97. The monoisotopic (exact) mass is 344 g/mol. The van der Waals surface area contributed by atoms with Crippen molar-refractivity contribution in [3.05, 3.63) is 34.8 Å². The van der Waals surface area contributed by atoms with E-state index in [1.807, 2.05) is 11.3 Å². The summed E-state index contributed by atoms with van der Waals surface area (Å²) in [5, 5.41) is 10.5. The lowest BCUT2D eigenvalue weighted by molar-refractivity contribution is 0.527. The number of aryl methyl sites for hydroxylation is 1. The maximum Gasteiger partial charge on any atom is 0.138 e. The van der Waals surface area contributed by atoms with Gasteiger partial charge < -0.3 is 10.2 Å². The van der Waals surface area contributed by atoms with Crippen LogP contribution < -0.4 is 10.2 Å². The van der Waals surface area contributed by atoms with Crippen molar-refractivity contribution < 1.29 is 0 Å². The average molecular weight is 345 g/mol. The topological polar surface area (TPSA) is 41.1 Å². The summed E-state index contributed by atoms with van der Waals surface area (Å²) >= 11 is 3.52. The van der Waals surface area contributed by atoms with E-state index in [9.17, 15) is 0 Å². The summed E-state index contributed by atoms with van der Waals surface area (Å²) < 4.78 is 0. The number of piperidine rings is 1. The lowest BCUT2D eigenvalue weighted by atomic mass is 10.1. The minimum atomic E-state index is 0.494. The molecule has 0 spiro atoms. The summed E-state index contributed by atoms with van der Waals surface area (Å²) in [6.45, 7) is 4.32. The van der Waals surface area contributed by atoms with Crippen LogP contribution >= 0.6 is 22.7 Å². The van der Waals surface area contributed by atoms with Gasteiger partial charge in [0.05, 0.1) is 10.4 Å². The van der Waals surface area contributed by atoms with Crippen molar-refractivity contribution in [3.8, 4) is 0 Å². The smallest absolute Gasteiger partial charge is 0.138 e. The Kier molecular flexibility index (Phi) is 4.18. The number of aromatic nitrogens is 2. The molecule has 4 nitrogen and oxygen atoms in total. The first-order valence-electron chi connectivity index (χ1n) is 8.12. The maximum atomic E-state index is 4.73. The summed E-state index contributed by atoms with van der Waals surface area (Å²) in [6.07, 6.45) is 3.17. The molecule has 0 radical (unpaired) electrons. The van der Waals surface area contributed by atoms with Crippen molar-refractivity contribution >= 4 is 43.7 Å². The van der Waals surface area contributed by atoms with Crippen molar-refractivity contribution in [1.82, 2.24) is 9.97 Å². The summed E-state index contributed by atoms with van der Waals surface area (Å²) in [5.74, 6) is 1.95. The van der Waals surface area contributed by atoms with Gasteiger partial charge in [-0.05, 0) is 41.8 Å². The van der Waals surface area contributed by atoms with Crippen molar-refractivity contribution in [2.75, 3.05) is 23.3 Å². The van der Waals surface area contributed by atoms with Gasteiger partial charge in [0.2, 0.25) is 0 Å². The first kappa shape index (κ1) is 14.9. The number of hydrogen-bond acceptors (Lipinski definition) is 6. The zero-order chi connectivity index (χ0) is 15.6. The molecule has 1 saturated heterocycles. The zero-order valence-electron chi connectivity index (χ0n) is 13.2. The summed E-state index contributed by atoms with van der Waals surface area (Å²) in [5.41, 5.74) is 0. The van der Waals surface area contributed by atoms with Crippen LogP contribution in [0.15, 0.2) is 29.0 Å². The Hall–Kier alpha value is -1.66. The Morgan fingerprint density at radius 2 is 2.04 bits per heavy atom. The van der Waals surface area contributed by atoms with Gasteiger partial charge in [0.1, 0.15) is 16.5 Å². The molecule has 3 aromatic heterocycles. The minimum Gasteiger partial charge on any atom is -0.367 e. The molecule has 4 heterocycles. The summed E-state index contributed by atoms with van der Waals surface area (Å²) in [4.78, 5) is 12.9. The van der Waals surface area contributed by atoms with E-state index in [0.717, 1.165) is 54.2 Å². The van der Waals surface area contributed by atoms with Gasteiger partial charge in [0.25, 0.3) is 0 Å². The molecule has 23 heavy (non-hydrogen) atoms. The molecule has 1 N–H and O–H groups in total. The molecule has 4 rings (SSSR count). The van der Waals surface area contributed by atoms with E-state index in [0.29, 0.717) is 6.04 Å². The first-order valence-corrected chi connectivity index (χ1v) is 9.88. The van der Waals surface area contributed by atoms with Crippen LogP contribution in [0.25, 0.3) is 10.2 Å². The Labute approximate surface area is 144 Å². The van der Waals surface area contributed by atoms with Crippen LogP contribution in [0.3, 0.4) is 0 Å². The van der Waals surface area contributed by atoms with Gasteiger partial charge in [-0.15, -0.1) is 22.7 Å². The van der Waals surface area contributed by atoms with E-state index in [4.69, 9.17) is 4.98 Å². The molecule has 1 aliphatic rings. The first-order chi connectivity index (χ1) is 11.3. The maximum absolute atomic E-state index is 4.73. The van der Waals surface area contributed by atoms with Crippen LogP contribution in [0.5, 0.6) is 0 Å². The standard InChI is InChI=1S/C17H20N4S2/c1-2-14-19-16(13-7-11-23-17(13)20-14)18-12-5-8-21(9-6-12)15-4-3-10-22-15/h3-4,7,10-12H,2,5-6,8-9H2,1H3,(H,18,19,20). The van der Waals surface area contributed by atoms with Crippen LogP contribution in [0.4, 0.5) is 10.8 Å². The number of nitrogens with zero attached hydrogens (tertiary/aromatic N) is 3. The molecule has 0 aliphatic carbocycles. The van der Waals surface area contributed by atoms with Crippen molar-refractivity contribution in [2.45, 2.75) is 32.2 Å². The Balaban J connectivity index is 1.48. The Bertz CT molecular complexity index is 773. The molecule has 0 bridgehead atoms. The number of nitrogens with one attached hydrogen (secondary N) is 1. The predicted molar refractivity (Wildman–Crippen MR) is 100.0 cm³/mol. The molecule has 0 atom stereocenters. The van der Waals surface area contributed by atoms with Crippen molar-refractivity contribution in [2.24, 2.45) is 0 Å². The molecule has 3 aromatic rings. The Morgan fingerprint density at radius 1 is 1.17 bits per heavy atom. The van der Waals surface area contributed by atoms with Crippen LogP contribution in [0.2, 0.25) is 0 Å². The quantitative estimate of drug-likeness (QED) is 0.762. The molecule has 0 unspecified atom stereocenters. The number of rotatable bonds is 4. The van der Waals surface area contributed by atoms with Gasteiger partial charge in [-0.2, -0.15) is 0 Å². The van der Waals surface area contributed by atoms with Crippen LogP contribution in [0, 0.1) is 0 Å². The van der Waals surface area contributed by atoms with Gasteiger partial charge in [0.15, 0.2) is 0 Å². The minimum absolute atomic E-state index is 0.494. The third-order valence-corrected chi connectivity index (χ3v) is 6.08. The molecule has 0 saturated carbocycles. The van der Waals surface area contributed by atoms with Crippen molar-refractivity contribution in [1.29, 1.82) is 0 Å². The van der Waals surface area contributed by atoms with E-state index in [2.05, 4.69) is 51.1 Å². The lowest BCUT2D eigenvalue weighted by Gasteiger charge is -2.33. The molecule has 1 fully saturated rings. The molecule has 6 heteroatoms. The number of fused-ring (bicyclic) bond motifs is 1. The van der Waals surface area contributed by atoms with Crippen LogP contribution in [-0.4, -0.2) is 29.1 Å². The predicted octanol–water partition coefficient (Wildman–Crippen LogP) is 4.40. The average Bonchev–Trinajstić information content (AvgIpc) is 3.27. The molecule has 0 aromatic carbocycles. The van der Waals surface area contributed by atoms with Gasteiger partial charge >= 0.3 is 0 Å². The van der Waals surface area contributed by atoms with E-state index in [1.165, 1.54) is 5.00 Å². The third-order valence-electron chi connectivity index (χ3n) is 4.34. The van der Waals surface area contributed by atoms with E-state index in [1.54, 1.807) is 11.3 Å². The molecular weight excluding hydrogens is 324 g/mol. The van der Waals surface area contributed by atoms with E-state index in [-0.39, 0.29) is 0 Å². The zero-order valence-corrected chi connectivity index (χ0v) is 14.8. The number of hydrogen-bond donors (Lipinski definition) is 1. The van der Waals surface area contributed by atoms with Gasteiger partial charge in [-0.3, -0.25) is 0 Å². The summed E-state index contributed by atoms with van der Waals surface area (Å²) in [7, 11) is 0. The third kappa shape index (κ3) is 3.05. The van der Waals surface area contributed by atoms with Gasteiger partial charge in [-0.1, -0.05) is 6.92 Å². The van der Waals surface area contributed by atoms with Gasteiger partial charge in [-0.25, -0.2) is 9.97 Å². The molecular formula is C17H20N4S2. The fraction of sp³-hybridized carbons (Fsp3) is 0.412. The van der Waals surface area contributed by atoms with E-state index < -0.39 is 0 Å². The highest BCUT2D eigenvalue weighted by molar-refractivity contribution is 7.16. The van der Waals surface area contributed by atoms with Crippen LogP contribution in [-0.2, 0) is 6.42 Å². The largest absolute Gasteiger partial charge is 0.367 e. The highest BCUT2D eigenvalue weighted by atomic mass is 32.1. The molecule has 120 valence electrons. The molecule has 1 aliphatic heterocycles. The van der Waals surface area contributed by atoms with Gasteiger partial charge in [0, 0.05) is 25.6 Å². The Morgan fingerprint density at radius 3 is 2.78 bits per heavy atom. The fourth-order valence-corrected chi connectivity index (χ4v) is 4.62. The van der Waals surface area contributed by atoms with E-state index >= 15 is 0 Å². The highest BCUT2D eigenvalue weighted by Crippen LogP contribution is 2.29. The second kappa shape index (κ2) is 6.45. The van der Waals surface area contributed by atoms with Crippen LogP contribution in [0.1, 0.15) is 25.6 Å². The van der Waals surface area contributed by atoms with Crippen molar-refractivity contribution in [3.63, 3.8) is 0 Å². The normalized spacial score (nSPS) is 16.1. The number of anilines is 2. The lowest BCUT2D eigenvalue weighted by Crippen LogP contribution is -2.39. The SMILES string of the molecule is CCc1nc(NC2CCN(c3cccs3)CC2)c2ccsc2n1. The highest BCUT2D eigenvalue weighted by Gasteiger charge is 2.21. The second-order valence-electron chi connectivity index (χ2n) is 5.84. The fourth-order valence-electron chi connectivity index (χ4n) is 3.06. The number of thiophene rings is 2. The second-order valence-corrected chi connectivity index (χ2v) is 7.66. The molecule has 0 amide bonds.